The Morgan fingerprint density at radius 2 is 1.96 bits per heavy atom. The topological polar surface area (TPSA) is 29.5 Å². The molecule has 2 aliphatic rings. The average molecular weight is 384 g/mol. The molecule has 3 nitrogen and oxygen atoms in total. The summed E-state index contributed by atoms with van der Waals surface area (Å²) in [4.78, 5) is 16.0. The molecule has 1 unspecified atom stereocenters. The molecule has 0 radical (unpaired) electrons. The summed E-state index contributed by atoms with van der Waals surface area (Å²) in [7, 11) is 1.64. The lowest BCUT2D eigenvalue weighted by atomic mass is 9.98. The summed E-state index contributed by atoms with van der Waals surface area (Å²) in [5, 5.41) is 0.655. The molecule has 0 saturated carbocycles. The molecule has 132 valence electrons. The Kier molecular flexibility index (Phi) is 4.33. The number of nitrogens with zero attached hydrogens (tertiary/aromatic N) is 1. The van der Waals surface area contributed by atoms with Crippen molar-refractivity contribution in [1.82, 2.24) is 0 Å². The van der Waals surface area contributed by atoms with Crippen LogP contribution in [0.25, 0.3) is 5.03 Å². The van der Waals surface area contributed by atoms with Crippen LogP contribution in [0.15, 0.2) is 65.6 Å². The zero-order valence-electron chi connectivity index (χ0n) is 14.5. The van der Waals surface area contributed by atoms with Gasteiger partial charge in [-0.1, -0.05) is 65.8 Å². The fraction of sp³-hybridized carbons (Fsp3) is 0.190. The molecule has 0 fully saturated rings. The van der Waals surface area contributed by atoms with Gasteiger partial charge in [0.2, 0.25) is 0 Å². The molecule has 2 aliphatic heterocycles. The lowest BCUT2D eigenvalue weighted by Gasteiger charge is -2.22. The predicted molar refractivity (Wildman–Crippen MR) is 109 cm³/mol. The average Bonchev–Trinajstić information content (AvgIpc) is 3.23. The number of rotatable bonds is 3. The van der Waals surface area contributed by atoms with E-state index in [1.165, 1.54) is 11.8 Å². The van der Waals surface area contributed by atoms with Crippen molar-refractivity contribution in [3.05, 3.63) is 76.7 Å². The number of fused-ring (bicyclic) bond motifs is 2. The van der Waals surface area contributed by atoms with Crippen molar-refractivity contribution in [2.45, 2.75) is 11.7 Å². The van der Waals surface area contributed by atoms with Gasteiger partial charge in [0.05, 0.1) is 17.8 Å². The molecule has 0 aliphatic carbocycles. The first-order valence-corrected chi connectivity index (χ1v) is 9.64. The maximum atomic E-state index is 13.3. The van der Waals surface area contributed by atoms with E-state index in [0.29, 0.717) is 11.6 Å². The van der Waals surface area contributed by atoms with Crippen LogP contribution >= 0.6 is 23.4 Å². The Labute approximate surface area is 162 Å². The van der Waals surface area contributed by atoms with E-state index in [-0.39, 0.29) is 5.91 Å². The van der Waals surface area contributed by atoms with Crippen LogP contribution in [0.3, 0.4) is 0 Å². The second kappa shape index (κ2) is 6.53. The van der Waals surface area contributed by atoms with E-state index >= 15 is 0 Å². The molecule has 1 amide bonds. The van der Waals surface area contributed by atoms with Crippen LogP contribution in [0.5, 0.6) is 5.75 Å². The quantitative estimate of drug-likeness (QED) is 0.732. The second-order valence-corrected chi connectivity index (χ2v) is 7.78. The van der Waals surface area contributed by atoms with E-state index in [4.69, 9.17) is 16.3 Å². The Bertz CT molecular complexity index is 938. The first kappa shape index (κ1) is 17.3. The summed E-state index contributed by atoms with van der Waals surface area (Å²) in [6, 6.07) is 15.6. The van der Waals surface area contributed by atoms with Gasteiger partial charge in [0, 0.05) is 17.0 Å². The van der Waals surface area contributed by atoms with E-state index in [1.807, 2.05) is 72.5 Å². The summed E-state index contributed by atoms with van der Waals surface area (Å²) in [6.45, 7) is 2.60. The van der Waals surface area contributed by atoms with Gasteiger partial charge < -0.3 is 9.64 Å². The number of amides is 1. The minimum atomic E-state index is -0.817. The second-order valence-electron chi connectivity index (χ2n) is 6.12. The number of hydrogen-bond donors (Lipinski definition) is 0. The lowest BCUT2D eigenvalue weighted by molar-refractivity contribution is -0.119. The van der Waals surface area contributed by atoms with E-state index in [2.05, 4.69) is 0 Å². The summed E-state index contributed by atoms with van der Waals surface area (Å²) in [5.74, 6) is 0.773. The Morgan fingerprint density at radius 3 is 2.65 bits per heavy atom. The Balaban J connectivity index is 1.85. The smallest absolute Gasteiger partial charge is 0.252 e. The van der Waals surface area contributed by atoms with Gasteiger partial charge in [-0.15, -0.1) is 0 Å². The number of carbonyl (C=O) groups is 1. The molecule has 2 heterocycles. The van der Waals surface area contributed by atoms with Gasteiger partial charge in [0.25, 0.3) is 5.91 Å². The highest BCUT2D eigenvalue weighted by Crippen LogP contribution is 2.59. The zero-order chi connectivity index (χ0) is 18.3. The van der Waals surface area contributed by atoms with Crippen molar-refractivity contribution in [2.24, 2.45) is 0 Å². The molecule has 0 aromatic heterocycles. The number of likely N-dealkylation sites (N-methyl/N-ethyl adjacent to an activating group) is 1. The van der Waals surface area contributed by atoms with Crippen LogP contribution in [0, 0.1) is 0 Å². The molecule has 2 aromatic carbocycles. The van der Waals surface area contributed by atoms with Gasteiger partial charge in [0.15, 0.2) is 0 Å². The summed E-state index contributed by atoms with van der Waals surface area (Å²) in [5.41, 5.74) is 2.76. The molecule has 1 spiro atoms. The molecule has 2 aromatic rings. The maximum absolute atomic E-state index is 13.3. The maximum Gasteiger partial charge on any atom is 0.252 e. The van der Waals surface area contributed by atoms with Gasteiger partial charge in [-0.25, -0.2) is 0 Å². The molecular weight excluding hydrogens is 366 g/mol. The standard InChI is InChI=1S/C21H18ClNO2S/c1-3-23-15-10-7-11-16(25-2)18(15)21(20(23)24)13-12-17(26-21)19(22)14-8-5-4-6-9-14/h4-13H,3H2,1-2H3/b19-17+. The van der Waals surface area contributed by atoms with Crippen molar-refractivity contribution < 1.29 is 9.53 Å². The van der Waals surface area contributed by atoms with Crippen molar-refractivity contribution in [1.29, 1.82) is 0 Å². The van der Waals surface area contributed by atoms with Crippen molar-refractivity contribution in [2.75, 3.05) is 18.6 Å². The molecule has 4 rings (SSSR count). The highest BCUT2D eigenvalue weighted by Gasteiger charge is 2.54. The third-order valence-corrected chi connectivity index (χ3v) is 6.68. The zero-order valence-corrected chi connectivity index (χ0v) is 16.1. The fourth-order valence-corrected chi connectivity index (χ4v) is 5.18. The number of ether oxygens (including phenoxy) is 1. The third-order valence-electron chi connectivity index (χ3n) is 4.75. The lowest BCUT2D eigenvalue weighted by Crippen LogP contribution is -2.35. The largest absolute Gasteiger partial charge is 0.496 e. The van der Waals surface area contributed by atoms with Gasteiger partial charge in [-0.05, 0) is 30.7 Å². The van der Waals surface area contributed by atoms with Gasteiger partial charge >= 0.3 is 0 Å². The number of anilines is 1. The first-order valence-electron chi connectivity index (χ1n) is 8.45. The van der Waals surface area contributed by atoms with Crippen molar-refractivity contribution in [3.63, 3.8) is 0 Å². The van der Waals surface area contributed by atoms with Crippen LogP contribution in [-0.4, -0.2) is 19.6 Å². The highest BCUT2D eigenvalue weighted by atomic mass is 35.5. The Hall–Kier alpha value is -2.17. The predicted octanol–water partition coefficient (Wildman–Crippen LogP) is 5.17. The molecular formula is C21H18ClNO2S. The van der Waals surface area contributed by atoms with Crippen molar-refractivity contribution >= 4 is 40.0 Å². The first-order chi connectivity index (χ1) is 12.6. The molecule has 0 bridgehead atoms. The van der Waals surface area contributed by atoms with Crippen molar-refractivity contribution in [3.8, 4) is 5.75 Å². The number of halogens is 1. The normalized spacial score (nSPS) is 22.9. The highest BCUT2D eigenvalue weighted by molar-refractivity contribution is 8.05. The molecule has 0 saturated heterocycles. The molecule has 0 N–H and O–H groups in total. The minimum absolute atomic E-state index is 0.0493. The van der Waals surface area contributed by atoms with Crippen LogP contribution in [0.2, 0.25) is 0 Å². The fourth-order valence-electron chi connectivity index (χ4n) is 3.55. The van der Waals surface area contributed by atoms with Gasteiger partial charge in [-0.2, -0.15) is 0 Å². The van der Waals surface area contributed by atoms with Crippen LogP contribution < -0.4 is 9.64 Å². The van der Waals surface area contributed by atoms with Crippen LogP contribution in [-0.2, 0) is 9.54 Å². The monoisotopic (exact) mass is 383 g/mol. The van der Waals surface area contributed by atoms with Crippen LogP contribution in [0.4, 0.5) is 5.69 Å². The molecule has 1 atom stereocenters. The summed E-state index contributed by atoms with van der Waals surface area (Å²) >= 11 is 8.13. The van der Waals surface area contributed by atoms with E-state index in [9.17, 15) is 4.79 Å². The van der Waals surface area contributed by atoms with E-state index < -0.39 is 4.75 Å². The molecule has 5 heteroatoms. The van der Waals surface area contributed by atoms with Crippen LogP contribution in [0.1, 0.15) is 18.1 Å². The van der Waals surface area contributed by atoms with Gasteiger partial charge in [-0.3, -0.25) is 4.79 Å². The number of benzene rings is 2. The number of carbonyl (C=O) groups excluding carboxylic acids is 1. The summed E-state index contributed by atoms with van der Waals surface area (Å²) < 4.78 is 4.77. The minimum Gasteiger partial charge on any atom is -0.496 e. The third kappa shape index (κ3) is 2.40. The van der Waals surface area contributed by atoms with Gasteiger partial charge in [0.1, 0.15) is 10.5 Å². The molecule has 26 heavy (non-hydrogen) atoms. The Morgan fingerprint density at radius 1 is 1.19 bits per heavy atom. The van der Waals surface area contributed by atoms with E-state index in [1.54, 1.807) is 7.11 Å². The number of thioether (sulfide) groups is 1. The van der Waals surface area contributed by atoms with E-state index in [0.717, 1.165) is 27.5 Å². The number of allylic oxidation sites excluding steroid dienone is 1. The summed E-state index contributed by atoms with van der Waals surface area (Å²) in [6.07, 6.45) is 3.91. The SMILES string of the molecule is CCN1C(=O)C2(C=C/C(=C(\Cl)c3ccccc3)S2)c2c(OC)cccc21. The number of hydrogen-bond acceptors (Lipinski definition) is 3. The number of methoxy groups -OCH3 is 1.